The van der Waals surface area contributed by atoms with E-state index in [1.165, 1.54) is 11.3 Å². The van der Waals surface area contributed by atoms with Crippen molar-refractivity contribution in [1.29, 1.82) is 0 Å². The van der Waals surface area contributed by atoms with Gasteiger partial charge in [-0.05, 0) is 38.9 Å². The summed E-state index contributed by atoms with van der Waals surface area (Å²) in [6, 6.07) is 0. The van der Waals surface area contributed by atoms with Gasteiger partial charge in [0.15, 0.2) is 5.13 Å². The maximum Gasteiger partial charge on any atom is 0.273 e. The van der Waals surface area contributed by atoms with E-state index in [2.05, 4.69) is 16.9 Å². The molecular formula is C12H20N4OS. The molecule has 2 rings (SSSR count). The molecule has 1 aliphatic heterocycles. The summed E-state index contributed by atoms with van der Waals surface area (Å²) in [5, 5.41) is 2.18. The van der Waals surface area contributed by atoms with Crippen molar-refractivity contribution < 1.29 is 4.79 Å². The third-order valence-corrected chi connectivity index (χ3v) is 4.13. The van der Waals surface area contributed by atoms with Crippen LogP contribution in [0.15, 0.2) is 5.38 Å². The zero-order valence-electron chi connectivity index (χ0n) is 10.9. The molecule has 0 aromatic carbocycles. The quantitative estimate of drug-likeness (QED) is 0.893. The van der Waals surface area contributed by atoms with Crippen LogP contribution in [0.4, 0.5) is 5.13 Å². The first-order valence-corrected chi connectivity index (χ1v) is 7.09. The molecule has 100 valence electrons. The molecule has 6 heteroatoms. The number of nitrogen functional groups attached to an aromatic ring is 1. The molecule has 0 unspecified atom stereocenters. The zero-order chi connectivity index (χ0) is 13.1. The third kappa shape index (κ3) is 3.20. The second kappa shape index (κ2) is 5.67. The van der Waals surface area contributed by atoms with Crippen LogP contribution in [0.1, 0.15) is 23.3 Å². The van der Waals surface area contributed by atoms with E-state index in [1.54, 1.807) is 10.3 Å². The van der Waals surface area contributed by atoms with Crippen molar-refractivity contribution in [3.8, 4) is 0 Å². The summed E-state index contributed by atoms with van der Waals surface area (Å²) in [7, 11) is 3.99. The summed E-state index contributed by atoms with van der Waals surface area (Å²) in [6.07, 6.45) is 2.32. The second-order valence-electron chi connectivity index (χ2n) is 5.00. The molecule has 2 heterocycles. The summed E-state index contributed by atoms with van der Waals surface area (Å²) >= 11 is 1.31. The number of amides is 1. The monoisotopic (exact) mass is 268 g/mol. The molecular weight excluding hydrogens is 248 g/mol. The Hall–Kier alpha value is -1.14. The molecule has 1 saturated heterocycles. The van der Waals surface area contributed by atoms with Gasteiger partial charge in [0, 0.05) is 19.0 Å². The number of likely N-dealkylation sites (tertiary alicyclic amines) is 1. The number of thiazole rings is 1. The standard InChI is InChI=1S/C12H20N4OS/c1-15-5-3-9(4-6-15)7-16(2)11(17)10-8-18-12(13)14-10/h8-9H,3-7H2,1-2H3,(H2,13,14). The van der Waals surface area contributed by atoms with Crippen LogP contribution in [0, 0.1) is 5.92 Å². The molecule has 1 amide bonds. The number of nitrogens with two attached hydrogens (primary N) is 1. The molecule has 0 saturated carbocycles. The normalized spacial score (nSPS) is 17.9. The van der Waals surface area contributed by atoms with Gasteiger partial charge in [-0.2, -0.15) is 0 Å². The van der Waals surface area contributed by atoms with Crippen molar-refractivity contribution in [3.05, 3.63) is 11.1 Å². The zero-order valence-corrected chi connectivity index (χ0v) is 11.7. The van der Waals surface area contributed by atoms with Crippen LogP contribution in [-0.2, 0) is 0 Å². The smallest absolute Gasteiger partial charge is 0.273 e. The molecule has 2 N–H and O–H groups in total. The van der Waals surface area contributed by atoms with E-state index in [-0.39, 0.29) is 5.91 Å². The number of carbonyl (C=O) groups excluding carboxylic acids is 1. The van der Waals surface area contributed by atoms with Crippen molar-refractivity contribution in [2.45, 2.75) is 12.8 Å². The van der Waals surface area contributed by atoms with Gasteiger partial charge in [0.25, 0.3) is 5.91 Å². The lowest BCUT2D eigenvalue weighted by Gasteiger charge is -2.31. The maximum atomic E-state index is 12.1. The van der Waals surface area contributed by atoms with Gasteiger partial charge >= 0.3 is 0 Å². The van der Waals surface area contributed by atoms with Crippen LogP contribution in [0.5, 0.6) is 0 Å². The lowest BCUT2D eigenvalue weighted by Crippen LogP contribution is -2.38. The van der Waals surface area contributed by atoms with Gasteiger partial charge in [0.05, 0.1) is 0 Å². The van der Waals surface area contributed by atoms with E-state index in [0.717, 1.165) is 32.5 Å². The topological polar surface area (TPSA) is 62.5 Å². The molecule has 0 aliphatic carbocycles. The van der Waals surface area contributed by atoms with Gasteiger partial charge in [-0.15, -0.1) is 11.3 Å². The molecule has 18 heavy (non-hydrogen) atoms. The van der Waals surface area contributed by atoms with E-state index >= 15 is 0 Å². The highest BCUT2D eigenvalue weighted by Crippen LogP contribution is 2.18. The predicted molar refractivity (Wildman–Crippen MR) is 73.7 cm³/mol. The molecule has 1 aromatic heterocycles. The lowest BCUT2D eigenvalue weighted by molar-refractivity contribution is 0.0742. The van der Waals surface area contributed by atoms with Crippen LogP contribution in [-0.4, -0.2) is 54.4 Å². The second-order valence-corrected chi connectivity index (χ2v) is 5.89. The van der Waals surface area contributed by atoms with Crippen molar-refractivity contribution in [2.75, 3.05) is 39.5 Å². The molecule has 1 aromatic rings. The number of hydrogen-bond donors (Lipinski definition) is 1. The van der Waals surface area contributed by atoms with Crippen LogP contribution in [0.2, 0.25) is 0 Å². The Morgan fingerprint density at radius 1 is 1.61 bits per heavy atom. The highest BCUT2D eigenvalue weighted by atomic mass is 32.1. The first-order valence-electron chi connectivity index (χ1n) is 6.21. The minimum atomic E-state index is -0.0260. The molecule has 1 fully saturated rings. The van der Waals surface area contributed by atoms with E-state index in [0.29, 0.717) is 16.7 Å². The first-order chi connectivity index (χ1) is 8.56. The Morgan fingerprint density at radius 3 is 2.83 bits per heavy atom. The first kappa shape index (κ1) is 13.3. The number of carbonyl (C=O) groups is 1. The minimum absolute atomic E-state index is 0.0260. The van der Waals surface area contributed by atoms with Gasteiger partial charge in [0.1, 0.15) is 5.69 Å². The largest absolute Gasteiger partial charge is 0.375 e. The Kier molecular flexibility index (Phi) is 4.19. The number of anilines is 1. The van der Waals surface area contributed by atoms with Gasteiger partial charge in [-0.1, -0.05) is 0 Å². The van der Waals surface area contributed by atoms with Crippen LogP contribution in [0.25, 0.3) is 0 Å². The van der Waals surface area contributed by atoms with E-state index in [4.69, 9.17) is 5.73 Å². The lowest BCUT2D eigenvalue weighted by atomic mass is 9.96. The molecule has 0 spiro atoms. The minimum Gasteiger partial charge on any atom is -0.375 e. The van der Waals surface area contributed by atoms with E-state index in [9.17, 15) is 4.79 Å². The fourth-order valence-electron chi connectivity index (χ4n) is 2.30. The Labute approximate surface area is 112 Å². The highest BCUT2D eigenvalue weighted by molar-refractivity contribution is 7.13. The van der Waals surface area contributed by atoms with Crippen molar-refractivity contribution >= 4 is 22.4 Å². The average molecular weight is 268 g/mol. The summed E-state index contributed by atoms with van der Waals surface area (Å²) in [5.41, 5.74) is 6.01. The van der Waals surface area contributed by atoms with Crippen LogP contribution >= 0.6 is 11.3 Å². The third-order valence-electron chi connectivity index (χ3n) is 3.46. The number of nitrogens with zero attached hydrogens (tertiary/aromatic N) is 3. The molecule has 0 atom stereocenters. The Bertz CT molecular complexity index is 412. The summed E-state index contributed by atoms with van der Waals surface area (Å²) in [4.78, 5) is 20.2. The number of rotatable bonds is 3. The fraction of sp³-hybridized carbons (Fsp3) is 0.667. The summed E-state index contributed by atoms with van der Waals surface area (Å²) in [5.74, 6) is 0.577. The van der Waals surface area contributed by atoms with E-state index < -0.39 is 0 Å². The van der Waals surface area contributed by atoms with Gasteiger partial charge in [-0.3, -0.25) is 4.79 Å². The van der Waals surface area contributed by atoms with Crippen molar-refractivity contribution in [3.63, 3.8) is 0 Å². The van der Waals surface area contributed by atoms with Gasteiger partial charge in [0.2, 0.25) is 0 Å². The van der Waals surface area contributed by atoms with Crippen molar-refractivity contribution in [2.24, 2.45) is 5.92 Å². The molecule has 0 bridgehead atoms. The molecule has 0 radical (unpaired) electrons. The van der Waals surface area contributed by atoms with Gasteiger partial charge < -0.3 is 15.5 Å². The van der Waals surface area contributed by atoms with Crippen LogP contribution < -0.4 is 5.73 Å². The number of piperidine rings is 1. The fourth-order valence-corrected chi connectivity index (χ4v) is 2.83. The number of aromatic nitrogens is 1. The average Bonchev–Trinajstić information content (AvgIpc) is 2.78. The molecule has 1 aliphatic rings. The highest BCUT2D eigenvalue weighted by Gasteiger charge is 2.21. The van der Waals surface area contributed by atoms with Crippen molar-refractivity contribution in [1.82, 2.24) is 14.8 Å². The number of hydrogen-bond acceptors (Lipinski definition) is 5. The van der Waals surface area contributed by atoms with Crippen LogP contribution in [0.3, 0.4) is 0 Å². The predicted octanol–water partition coefficient (Wildman–Crippen LogP) is 1.14. The Morgan fingerprint density at radius 2 is 2.28 bits per heavy atom. The SMILES string of the molecule is CN1CCC(CN(C)C(=O)c2csc(N)n2)CC1. The Balaban J connectivity index is 1.88. The van der Waals surface area contributed by atoms with Gasteiger partial charge in [-0.25, -0.2) is 4.98 Å². The summed E-state index contributed by atoms with van der Waals surface area (Å²) < 4.78 is 0. The molecule has 5 nitrogen and oxygen atoms in total. The van der Waals surface area contributed by atoms with E-state index in [1.807, 2.05) is 7.05 Å². The summed E-state index contributed by atoms with van der Waals surface area (Å²) in [6.45, 7) is 3.05. The maximum absolute atomic E-state index is 12.1.